The van der Waals surface area contributed by atoms with E-state index in [0.29, 0.717) is 16.9 Å². The normalized spacial score (nSPS) is 10.3. The number of hydrogen-bond acceptors (Lipinski definition) is 6. The number of hydrazine groups is 1. The number of nitrogens with zero attached hydrogens (tertiary/aromatic N) is 2. The molecule has 0 spiro atoms. The second-order valence-corrected chi connectivity index (χ2v) is 5.33. The van der Waals surface area contributed by atoms with Crippen molar-refractivity contribution >= 4 is 29.0 Å². The van der Waals surface area contributed by atoms with Crippen molar-refractivity contribution in [2.45, 2.75) is 10.1 Å². The highest BCUT2D eigenvalue weighted by atomic mass is 32.2. The fraction of sp³-hybridized carbons (Fsp3) is 0.100. The SMILES string of the molecule is NNC(=O)c1ccc(F)c(CSc2nncs2)c1. The smallest absolute Gasteiger partial charge is 0.265 e. The number of aromatic nitrogens is 2. The van der Waals surface area contributed by atoms with E-state index in [-0.39, 0.29) is 5.82 Å². The summed E-state index contributed by atoms with van der Waals surface area (Å²) in [5, 5.41) is 7.53. The highest BCUT2D eigenvalue weighted by Gasteiger charge is 2.09. The Hall–Kier alpha value is -1.51. The van der Waals surface area contributed by atoms with Crippen molar-refractivity contribution < 1.29 is 9.18 Å². The fourth-order valence-corrected chi connectivity index (χ4v) is 2.74. The van der Waals surface area contributed by atoms with Gasteiger partial charge in [0.05, 0.1) is 0 Å². The summed E-state index contributed by atoms with van der Waals surface area (Å²) < 4.78 is 14.3. The molecule has 0 aliphatic carbocycles. The van der Waals surface area contributed by atoms with Crippen LogP contribution in [0, 0.1) is 5.82 Å². The summed E-state index contributed by atoms with van der Waals surface area (Å²) >= 11 is 2.75. The number of benzene rings is 1. The lowest BCUT2D eigenvalue weighted by Gasteiger charge is -2.04. The van der Waals surface area contributed by atoms with Gasteiger partial charge in [-0.25, -0.2) is 10.2 Å². The molecule has 1 aromatic carbocycles. The summed E-state index contributed by atoms with van der Waals surface area (Å²) in [7, 11) is 0. The van der Waals surface area contributed by atoms with E-state index >= 15 is 0 Å². The summed E-state index contributed by atoms with van der Waals surface area (Å²) in [5.74, 6) is 4.60. The zero-order chi connectivity index (χ0) is 13.0. The molecule has 2 rings (SSSR count). The summed E-state index contributed by atoms with van der Waals surface area (Å²) in [5.41, 5.74) is 4.37. The van der Waals surface area contributed by atoms with Crippen LogP contribution in [-0.2, 0) is 5.75 Å². The van der Waals surface area contributed by atoms with Gasteiger partial charge in [0, 0.05) is 11.3 Å². The van der Waals surface area contributed by atoms with Crippen molar-refractivity contribution in [3.05, 3.63) is 40.7 Å². The molecule has 0 fully saturated rings. The molecule has 8 heteroatoms. The molecule has 1 aromatic heterocycles. The van der Waals surface area contributed by atoms with Crippen LogP contribution in [0.25, 0.3) is 0 Å². The Bertz CT molecular complexity index is 547. The minimum atomic E-state index is -0.447. The maximum absolute atomic E-state index is 13.6. The van der Waals surface area contributed by atoms with E-state index in [4.69, 9.17) is 5.84 Å². The average molecular weight is 284 g/mol. The second-order valence-electron chi connectivity index (χ2n) is 3.27. The van der Waals surface area contributed by atoms with Gasteiger partial charge in [0.1, 0.15) is 11.3 Å². The van der Waals surface area contributed by atoms with Crippen molar-refractivity contribution in [3.8, 4) is 0 Å². The van der Waals surface area contributed by atoms with E-state index in [1.54, 1.807) is 5.51 Å². The van der Waals surface area contributed by atoms with Gasteiger partial charge in [-0.05, 0) is 23.8 Å². The number of nitrogens with one attached hydrogen (secondary N) is 1. The second kappa shape index (κ2) is 5.89. The van der Waals surface area contributed by atoms with Gasteiger partial charge in [-0.15, -0.1) is 10.2 Å². The highest BCUT2D eigenvalue weighted by molar-refractivity contribution is 8.00. The van der Waals surface area contributed by atoms with Crippen LogP contribution in [0.15, 0.2) is 28.0 Å². The summed E-state index contributed by atoms with van der Waals surface area (Å²) in [4.78, 5) is 11.3. The summed E-state index contributed by atoms with van der Waals surface area (Å²) in [6.45, 7) is 0. The quantitative estimate of drug-likeness (QED) is 0.385. The number of nitrogen functional groups attached to an aromatic ring is 1. The Labute approximate surface area is 111 Å². The van der Waals surface area contributed by atoms with E-state index in [1.165, 1.54) is 41.3 Å². The molecule has 0 aliphatic rings. The van der Waals surface area contributed by atoms with Gasteiger partial charge in [0.2, 0.25) is 0 Å². The van der Waals surface area contributed by atoms with Crippen LogP contribution in [-0.4, -0.2) is 16.1 Å². The molecular weight excluding hydrogens is 275 g/mol. The average Bonchev–Trinajstić information content (AvgIpc) is 2.90. The third kappa shape index (κ3) is 3.03. The summed E-state index contributed by atoms with van der Waals surface area (Å²) in [6, 6.07) is 4.11. The van der Waals surface area contributed by atoms with Gasteiger partial charge in [0.25, 0.3) is 5.91 Å². The first-order chi connectivity index (χ1) is 8.70. The topological polar surface area (TPSA) is 80.9 Å². The lowest BCUT2D eigenvalue weighted by molar-refractivity contribution is 0.0953. The van der Waals surface area contributed by atoms with Crippen LogP contribution in [0.3, 0.4) is 0 Å². The first-order valence-electron chi connectivity index (χ1n) is 4.89. The van der Waals surface area contributed by atoms with E-state index in [0.717, 1.165) is 4.34 Å². The number of rotatable bonds is 4. The Morgan fingerprint density at radius 3 is 3.06 bits per heavy atom. The van der Waals surface area contributed by atoms with Crippen LogP contribution in [0.5, 0.6) is 0 Å². The lowest BCUT2D eigenvalue weighted by atomic mass is 10.1. The van der Waals surface area contributed by atoms with Crippen LogP contribution >= 0.6 is 23.1 Å². The largest absolute Gasteiger partial charge is 0.290 e. The third-order valence-electron chi connectivity index (χ3n) is 2.13. The number of carbonyl (C=O) groups is 1. The molecule has 1 heterocycles. The lowest BCUT2D eigenvalue weighted by Crippen LogP contribution is -2.30. The van der Waals surface area contributed by atoms with Gasteiger partial charge in [-0.1, -0.05) is 23.1 Å². The molecule has 0 saturated heterocycles. The Kier molecular flexibility index (Phi) is 4.24. The minimum absolute atomic E-state index is 0.326. The monoisotopic (exact) mass is 284 g/mol. The standard InChI is InChI=1S/C10H9FN4OS2/c11-8-2-1-6(9(16)14-12)3-7(8)4-17-10-15-13-5-18-10/h1-3,5H,4,12H2,(H,14,16). The molecule has 0 unspecified atom stereocenters. The van der Waals surface area contributed by atoms with Crippen molar-refractivity contribution in [1.29, 1.82) is 0 Å². The molecular formula is C10H9FN4OS2. The highest BCUT2D eigenvalue weighted by Crippen LogP contribution is 2.25. The zero-order valence-electron chi connectivity index (χ0n) is 9.09. The summed E-state index contributed by atoms with van der Waals surface area (Å²) in [6.07, 6.45) is 0. The number of nitrogens with two attached hydrogens (primary N) is 1. The first kappa shape index (κ1) is 12.9. The molecule has 1 amide bonds. The first-order valence-corrected chi connectivity index (χ1v) is 6.75. The van der Waals surface area contributed by atoms with Crippen LogP contribution in [0.4, 0.5) is 4.39 Å². The fourth-order valence-electron chi connectivity index (χ4n) is 1.28. The number of carbonyl (C=O) groups excluding carboxylic acids is 1. The van der Waals surface area contributed by atoms with Gasteiger partial charge >= 0.3 is 0 Å². The van der Waals surface area contributed by atoms with E-state index in [1.807, 2.05) is 5.43 Å². The molecule has 0 radical (unpaired) electrons. The molecule has 3 N–H and O–H groups in total. The molecule has 0 saturated carbocycles. The maximum atomic E-state index is 13.6. The molecule has 0 aliphatic heterocycles. The molecule has 2 aromatic rings. The maximum Gasteiger partial charge on any atom is 0.265 e. The van der Waals surface area contributed by atoms with Gasteiger partial charge in [-0.3, -0.25) is 10.2 Å². The van der Waals surface area contributed by atoms with Crippen molar-refractivity contribution in [3.63, 3.8) is 0 Å². The number of thioether (sulfide) groups is 1. The Morgan fingerprint density at radius 2 is 2.39 bits per heavy atom. The zero-order valence-corrected chi connectivity index (χ0v) is 10.7. The van der Waals surface area contributed by atoms with E-state index in [9.17, 15) is 9.18 Å². The molecule has 5 nitrogen and oxygen atoms in total. The molecule has 0 bridgehead atoms. The predicted octanol–water partition coefficient (Wildman–Crippen LogP) is 1.57. The van der Waals surface area contributed by atoms with Crippen LogP contribution < -0.4 is 11.3 Å². The van der Waals surface area contributed by atoms with Gasteiger partial charge < -0.3 is 0 Å². The van der Waals surface area contributed by atoms with Crippen LogP contribution in [0.2, 0.25) is 0 Å². The molecule has 94 valence electrons. The van der Waals surface area contributed by atoms with Gasteiger partial charge in [-0.2, -0.15) is 0 Å². The Morgan fingerprint density at radius 1 is 1.56 bits per heavy atom. The number of amides is 1. The number of hydrogen-bond donors (Lipinski definition) is 2. The van der Waals surface area contributed by atoms with Gasteiger partial charge in [0.15, 0.2) is 4.34 Å². The van der Waals surface area contributed by atoms with Crippen molar-refractivity contribution in [2.24, 2.45) is 5.84 Å². The van der Waals surface area contributed by atoms with Crippen LogP contribution in [0.1, 0.15) is 15.9 Å². The van der Waals surface area contributed by atoms with Crippen molar-refractivity contribution in [2.75, 3.05) is 0 Å². The van der Waals surface area contributed by atoms with E-state index in [2.05, 4.69) is 10.2 Å². The number of halogens is 1. The molecule has 0 atom stereocenters. The predicted molar refractivity (Wildman–Crippen MR) is 67.5 cm³/mol. The van der Waals surface area contributed by atoms with Crippen molar-refractivity contribution in [1.82, 2.24) is 15.6 Å². The minimum Gasteiger partial charge on any atom is -0.290 e. The van der Waals surface area contributed by atoms with E-state index < -0.39 is 5.91 Å². The molecule has 18 heavy (non-hydrogen) atoms. The Balaban J connectivity index is 2.13. The third-order valence-corrected chi connectivity index (χ3v) is 4.04.